The molecule has 1 fully saturated rings. The van der Waals surface area contributed by atoms with Crippen LogP contribution in [0.15, 0.2) is 27.9 Å². The first-order valence-corrected chi connectivity index (χ1v) is 8.16. The van der Waals surface area contributed by atoms with Crippen LogP contribution in [-0.4, -0.2) is 35.3 Å². The predicted octanol–water partition coefficient (Wildman–Crippen LogP) is 1.42. The summed E-state index contributed by atoms with van der Waals surface area (Å²) in [7, 11) is -3.50. The highest BCUT2D eigenvalue weighted by molar-refractivity contribution is 7.89. The molecule has 1 unspecified atom stereocenters. The van der Waals surface area contributed by atoms with E-state index in [-0.39, 0.29) is 16.6 Å². The molecule has 0 bridgehead atoms. The third-order valence-corrected chi connectivity index (χ3v) is 5.85. The summed E-state index contributed by atoms with van der Waals surface area (Å²) in [5.74, 6) is 0. The van der Waals surface area contributed by atoms with Crippen molar-refractivity contribution in [3.63, 3.8) is 0 Å². The summed E-state index contributed by atoms with van der Waals surface area (Å²) in [5.41, 5.74) is 0.794. The molecule has 0 spiro atoms. The molecule has 1 saturated heterocycles. The molecular weight excluding hydrogens is 278 g/mol. The van der Waals surface area contributed by atoms with Gasteiger partial charge < -0.3 is 9.97 Å². The number of nitrogens with zero attached hydrogens (tertiary/aromatic N) is 1. The Morgan fingerprint density at radius 1 is 1.20 bits per heavy atom. The normalized spacial score (nSPS) is 21.4. The van der Waals surface area contributed by atoms with Gasteiger partial charge in [-0.3, -0.25) is 0 Å². The lowest BCUT2D eigenvalue weighted by atomic mass is 10.1. The van der Waals surface area contributed by atoms with E-state index < -0.39 is 10.0 Å². The molecule has 2 aromatic rings. The zero-order valence-electron chi connectivity index (χ0n) is 11.2. The molecule has 1 aliphatic heterocycles. The molecule has 0 saturated carbocycles. The second-order valence-electron chi connectivity index (χ2n) is 5.25. The van der Waals surface area contributed by atoms with E-state index in [4.69, 9.17) is 0 Å². The van der Waals surface area contributed by atoms with Crippen LogP contribution in [-0.2, 0) is 10.0 Å². The molecule has 7 heteroatoms. The van der Waals surface area contributed by atoms with Gasteiger partial charge in [-0.05, 0) is 38.0 Å². The monoisotopic (exact) mass is 295 g/mol. The van der Waals surface area contributed by atoms with Gasteiger partial charge in [0.15, 0.2) is 0 Å². The number of piperidine rings is 1. The van der Waals surface area contributed by atoms with Gasteiger partial charge in [-0.2, -0.15) is 4.31 Å². The number of aromatic nitrogens is 2. The van der Waals surface area contributed by atoms with Crippen molar-refractivity contribution >= 4 is 21.1 Å². The Hall–Kier alpha value is -1.60. The fourth-order valence-electron chi connectivity index (χ4n) is 2.74. The van der Waals surface area contributed by atoms with Gasteiger partial charge in [0.05, 0.1) is 15.9 Å². The van der Waals surface area contributed by atoms with Crippen LogP contribution in [0.3, 0.4) is 0 Å². The number of rotatable bonds is 2. The first-order valence-electron chi connectivity index (χ1n) is 6.72. The van der Waals surface area contributed by atoms with Crippen LogP contribution in [0, 0.1) is 0 Å². The minimum atomic E-state index is -3.50. The molecule has 2 N–H and O–H groups in total. The number of sulfonamides is 1. The van der Waals surface area contributed by atoms with Gasteiger partial charge in [-0.1, -0.05) is 6.42 Å². The average Bonchev–Trinajstić information content (AvgIpc) is 2.78. The van der Waals surface area contributed by atoms with Crippen LogP contribution in [0.2, 0.25) is 0 Å². The van der Waals surface area contributed by atoms with Crippen LogP contribution in [0.1, 0.15) is 26.2 Å². The molecule has 0 amide bonds. The summed E-state index contributed by atoms with van der Waals surface area (Å²) in [4.78, 5) is 16.7. The van der Waals surface area contributed by atoms with Crippen molar-refractivity contribution < 1.29 is 8.42 Å². The molecule has 20 heavy (non-hydrogen) atoms. The maximum absolute atomic E-state index is 12.7. The largest absolute Gasteiger partial charge is 0.323 e. The van der Waals surface area contributed by atoms with E-state index in [0.717, 1.165) is 19.3 Å². The minimum absolute atomic E-state index is 0.0229. The summed E-state index contributed by atoms with van der Waals surface area (Å²) in [6.07, 6.45) is 2.85. The van der Waals surface area contributed by atoms with E-state index >= 15 is 0 Å². The molecule has 1 aromatic heterocycles. The molecular formula is C13H17N3O3S. The van der Waals surface area contributed by atoms with E-state index in [1.807, 2.05) is 6.92 Å². The van der Waals surface area contributed by atoms with Crippen LogP contribution in [0.25, 0.3) is 11.0 Å². The maximum atomic E-state index is 12.7. The maximum Gasteiger partial charge on any atom is 0.323 e. The summed E-state index contributed by atoms with van der Waals surface area (Å²) < 4.78 is 26.9. The third kappa shape index (κ3) is 2.16. The Balaban J connectivity index is 2.05. The van der Waals surface area contributed by atoms with Crippen molar-refractivity contribution in [1.82, 2.24) is 14.3 Å². The highest BCUT2D eigenvalue weighted by atomic mass is 32.2. The summed E-state index contributed by atoms with van der Waals surface area (Å²) in [6, 6.07) is 4.70. The van der Waals surface area contributed by atoms with E-state index in [2.05, 4.69) is 9.97 Å². The fourth-order valence-corrected chi connectivity index (χ4v) is 4.46. The Morgan fingerprint density at radius 3 is 2.70 bits per heavy atom. The zero-order valence-corrected chi connectivity index (χ0v) is 12.0. The van der Waals surface area contributed by atoms with Crippen LogP contribution in [0.4, 0.5) is 0 Å². The lowest BCUT2D eigenvalue weighted by Crippen LogP contribution is -2.41. The standard InChI is InChI=1S/C13H17N3O3S/c1-9-4-2-3-7-16(9)20(18,19)10-5-6-11-12(8-10)15-13(17)14-11/h5-6,8-9H,2-4,7H2,1H3,(H2,14,15,17). The van der Waals surface area contributed by atoms with Gasteiger partial charge in [0.25, 0.3) is 0 Å². The van der Waals surface area contributed by atoms with Crippen molar-refractivity contribution in [2.24, 2.45) is 0 Å². The van der Waals surface area contributed by atoms with Crippen LogP contribution >= 0.6 is 0 Å². The number of hydrogen-bond acceptors (Lipinski definition) is 3. The van der Waals surface area contributed by atoms with Gasteiger partial charge in [-0.25, -0.2) is 13.2 Å². The van der Waals surface area contributed by atoms with E-state index in [0.29, 0.717) is 17.6 Å². The topological polar surface area (TPSA) is 86.0 Å². The first kappa shape index (κ1) is 13.4. The van der Waals surface area contributed by atoms with Crippen molar-refractivity contribution in [2.75, 3.05) is 6.54 Å². The number of nitrogens with one attached hydrogen (secondary N) is 2. The summed E-state index contributed by atoms with van der Waals surface area (Å²) in [6.45, 7) is 2.50. The number of benzene rings is 1. The minimum Gasteiger partial charge on any atom is -0.306 e. The van der Waals surface area contributed by atoms with Crippen molar-refractivity contribution in [3.8, 4) is 0 Å². The van der Waals surface area contributed by atoms with Crippen LogP contribution in [0.5, 0.6) is 0 Å². The molecule has 1 atom stereocenters. The molecule has 0 aliphatic carbocycles. The molecule has 0 radical (unpaired) electrons. The molecule has 6 nitrogen and oxygen atoms in total. The number of imidazole rings is 1. The Bertz CT molecular complexity index is 791. The Morgan fingerprint density at radius 2 is 1.95 bits per heavy atom. The molecule has 1 aromatic carbocycles. The number of H-pyrrole nitrogens is 2. The quantitative estimate of drug-likeness (QED) is 0.878. The number of fused-ring (bicyclic) bond motifs is 1. The van der Waals surface area contributed by atoms with Crippen molar-refractivity contribution in [1.29, 1.82) is 0 Å². The highest BCUT2D eigenvalue weighted by Crippen LogP contribution is 2.26. The molecule has 3 rings (SSSR count). The first-order chi connectivity index (χ1) is 9.48. The lowest BCUT2D eigenvalue weighted by molar-refractivity contribution is 0.268. The second-order valence-corrected chi connectivity index (χ2v) is 7.14. The van der Waals surface area contributed by atoms with Crippen molar-refractivity contribution in [2.45, 2.75) is 37.1 Å². The van der Waals surface area contributed by atoms with Gasteiger partial charge in [0, 0.05) is 12.6 Å². The van der Waals surface area contributed by atoms with Crippen LogP contribution < -0.4 is 5.69 Å². The molecule has 108 valence electrons. The van der Waals surface area contributed by atoms with Gasteiger partial charge >= 0.3 is 5.69 Å². The van der Waals surface area contributed by atoms with Gasteiger partial charge in [-0.15, -0.1) is 0 Å². The Labute approximate surface area is 116 Å². The highest BCUT2D eigenvalue weighted by Gasteiger charge is 2.31. The van der Waals surface area contributed by atoms with Gasteiger partial charge in [0.1, 0.15) is 0 Å². The molecule has 1 aliphatic rings. The second kappa shape index (κ2) is 4.75. The SMILES string of the molecule is CC1CCCCN1S(=O)(=O)c1ccc2[nH]c(=O)[nH]c2c1. The predicted molar refractivity (Wildman–Crippen MR) is 76.1 cm³/mol. The fraction of sp³-hybridized carbons (Fsp3) is 0.462. The number of aromatic amines is 2. The smallest absolute Gasteiger partial charge is 0.306 e. The van der Waals surface area contributed by atoms with E-state index in [1.165, 1.54) is 6.07 Å². The zero-order chi connectivity index (χ0) is 14.3. The van der Waals surface area contributed by atoms with Gasteiger partial charge in [0.2, 0.25) is 10.0 Å². The van der Waals surface area contributed by atoms with E-state index in [9.17, 15) is 13.2 Å². The lowest BCUT2D eigenvalue weighted by Gasteiger charge is -2.32. The van der Waals surface area contributed by atoms with E-state index in [1.54, 1.807) is 16.4 Å². The molecule has 2 heterocycles. The van der Waals surface area contributed by atoms with Crippen molar-refractivity contribution in [3.05, 3.63) is 28.7 Å². The number of hydrogen-bond donors (Lipinski definition) is 2. The summed E-state index contributed by atoms with van der Waals surface area (Å²) >= 11 is 0. The third-order valence-electron chi connectivity index (χ3n) is 3.84. The summed E-state index contributed by atoms with van der Waals surface area (Å²) in [5, 5.41) is 0. The Kier molecular flexibility index (Phi) is 3.18. The average molecular weight is 295 g/mol.